The van der Waals surface area contributed by atoms with Crippen LogP contribution in [0.5, 0.6) is 0 Å². The molecule has 0 saturated heterocycles. The fourth-order valence-corrected chi connectivity index (χ4v) is 6.78. The van der Waals surface area contributed by atoms with E-state index in [9.17, 15) is 23.2 Å². The summed E-state index contributed by atoms with van der Waals surface area (Å²) >= 11 is 0. The molecule has 3 fully saturated rings. The van der Waals surface area contributed by atoms with Crippen molar-refractivity contribution >= 4 is 33.1 Å². The predicted octanol–water partition coefficient (Wildman–Crippen LogP) is 5.81. The minimum atomic E-state index is -4.46. The fourth-order valence-electron chi connectivity index (χ4n) is 6.78. The maximum absolute atomic E-state index is 13.8. The third kappa shape index (κ3) is 4.91. The molecule has 0 unspecified atom stereocenters. The summed E-state index contributed by atoms with van der Waals surface area (Å²) < 4.78 is 42.8. The van der Waals surface area contributed by atoms with Gasteiger partial charge in [-0.05, 0) is 74.2 Å². The van der Waals surface area contributed by atoms with Gasteiger partial charge in [-0.1, -0.05) is 18.1 Å². The molecule has 0 radical (unpaired) electrons. The van der Waals surface area contributed by atoms with E-state index in [1.807, 2.05) is 24.4 Å². The van der Waals surface area contributed by atoms with E-state index >= 15 is 0 Å². The minimum absolute atomic E-state index is 0.0810. The summed E-state index contributed by atoms with van der Waals surface area (Å²) in [5, 5.41) is 20.5. The Hall–Kier alpha value is -5.20. The number of pyridine rings is 2. The van der Waals surface area contributed by atoms with Gasteiger partial charge in [0.1, 0.15) is 6.07 Å². The van der Waals surface area contributed by atoms with Crippen molar-refractivity contribution in [1.29, 1.82) is 5.26 Å². The van der Waals surface area contributed by atoms with Crippen LogP contribution in [-0.4, -0.2) is 32.8 Å². The Labute approximate surface area is 269 Å². The van der Waals surface area contributed by atoms with Crippen LogP contribution in [0.4, 0.5) is 24.5 Å². The molecule has 4 N–H and O–H groups in total. The van der Waals surface area contributed by atoms with Crippen molar-refractivity contribution < 1.29 is 13.2 Å². The Morgan fingerprint density at radius 2 is 1.91 bits per heavy atom. The maximum atomic E-state index is 13.8. The molecule has 12 heteroatoms. The largest absolute Gasteiger partial charge is 0.395 e. The lowest BCUT2D eigenvalue weighted by Gasteiger charge is -2.64. The highest BCUT2D eigenvalue weighted by atomic mass is 19.4. The van der Waals surface area contributed by atoms with Crippen molar-refractivity contribution in [1.82, 2.24) is 25.5 Å². The standard InChI is InChI=1S/C35H33F3N8O/c1-5-21-17-40-30-22(16-39)11-23(12-27(30)29(21)41-19-33(2,3)35(36,37)38)42-31(28-18-46(44-43-28)34-13-20(14-34)15-34)25-7-6-8-26-24(25)9-10-45(4)32(26)47/h1,6-12,17-18,20,31,42-44H,13-15,19H2,2-4H3,(H,40,41)/t20?,31-,34?/m0/s1. The van der Waals surface area contributed by atoms with Gasteiger partial charge in [0.15, 0.2) is 0 Å². The SMILES string of the molecule is C#Cc1cnc2c(C#N)cc(N[C@H](C3=CN(C45CC(C4)C5)NN3)c3cccc4c(=O)n(C)ccc34)cc2c1NCC(C)(C)C(F)(F)F. The smallest absolute Gasteiger partial charge is 0.383 e. The lowest BCUT2D eigenvalue weighted by atomic mass is 9.49. The average molecular weight is 639 g/mol. The van der Waals surface area contributed by atoms with Gasteiger partial charge in [-0.2, -0.15) is 18.4 Å². The number of nitriles is 1. The lowest BCUT2D eigenvalue weighted by molar-refractivity contribution is -0.206. The van der Waals surface area contributed by atoms with Gasteiger partial charge in [0, 0.05) is 48.6 Å². The zero-order valence-corrected chi connectivity index (χ0v) is 26.1. The molecule has 3 heterocycles. The molecule has 3 saturated carbocycles. The molecule has 1 atom stereocenters. The second-order valence-electron chi connectivity index (χ2n) is 13.5. The van der Waals surface area contributed by atoms with Crippen LogP contribution in [0.25, 0.3) is 21.7 Å². The number of alkyl halides is 3. The molecule has 2 bridgehead atoms. The fraction of sp³-hybridized carbons (Fsp3) is 0.343. The maximum Gasteiger partial charge on any atom is 0.395 e. The van der Waals surface area contributed by atoms with Crippen LogP contribution in [0.3, 0.4) is 0 Å². The van der Waals surface area contributed by atoms with Crippen LogP contribution in [0.1, 0.15) is 55.8 Å². The molecule has 0 spiro atoms. The van der Waals surface area contributed by atoms with Crippen LogP contribution in [-0.2, 0) is 7.05 Å². The number of nitrogens with one attached hydrogen (secondary N) is 4. The molecule has 4 aromatic rings. The number of anilines is 2. The second kappa shape index (κ2) is 10.7. The van der Waals surface area contributed by atoms with Gasteiger partial charge in [-0.25, -0.2) is 0 Å². The summed E-state index contributed by atoms with van der Waals surface area (Å²) in [6, 6.07) is 12.5. The van der Waals surface area contributed by atoms with E-state index in [-0.39, 0.29) is 27.9 Å². The van der Waals surface area contributed by atoms with E-state index in [0.29, 0.717) is 22.0 Å². The van der Waals surface area contributed by atoms with E-state index in [0.717, 1.165) is 55.7 Å². The minimum Gasteiger partial charge on any atom is -0.383 e. The summed E-state index contributed by atoms with van der Waals surface area (Å²) in [7, 11) is 1.70. The highest BCUT2D eigenvalue weighted by molar-refractivity contribution is 5.99. The number of hydrazine groups is 2. The number of aromatic nitrogens is 2. The van der Waals surface area contributed by atoms with Gasteiger partial charge in [-0.15, -0.1) is 12.0 Å². The van der Waals surface area contributed by atoms with E-state index in [1.54, 1.807) is 31.4 Å². The van der Waals surface area contributed by atoms with E-state index in [1.165, 1.54) is 10.8 Å². The van der Waals surface area contributed by atoms with Crippen molar-refractivity contribution in [2.75, 3.05) is 17.2 Å². The summed E-state index contributed by atoms with van der Waals surface area (Å²) in [6.45, 7) is 1.78. The predicted molar refractivity (Wildman–Crippen MR) is 175 cm³/mol. The highest BCUT2D eigenvalue weighted by Gasteiger charge is 2.60. The first-order chi connectivity index (χ1) is 22.3. The van der Waals surface area contributed by atoms with Crippen LogP contribution < -0.4 is 27.2 Å². The third-order valence-electron chi connectivity index (χ3n) is 9.92. The molecular weight excluding hydrogens is 605 g/mol. The molecule has 4 aliphatic rings. The van der Waals surface area contributed by atoms with Crippen LogP contribution >= 0.6 is 0 Å². The highest BCUT2D eigenvalue weighted by Crippen LogP contribution is 2.60. The van der Waals surface area contributed by atoms with Crippen molar-refractivity contribution in [2.24, 2.45) is 18.4 Å². The topological polar surface area (TPSA) is 110 Å². The third-order valence-corrected chi connectivity index (χ3v) is 9.92. The van der Waals surface area contributed by atoms with Gasteiger partial charge in [0.25, 0.3) is 5.56 Å². The molecule has 47 heavy (non-hydrogen) atoms. The molecule has 8 rings (SSSR count). The first kappa shape index (κ1) is 30.5. The number of nitrogens with zero attached hydrogens (tertiary/aromatic N) is 4. The summed E-state index contributed by atoms with van der Waals surface area (Å²) in [5.41, 5.74) is 7.75. The van der Waals surface area contributed by atoms with Crippen molar-refractivity contribution in [3.05, 3.63) is 87.7 Å². The number of hydrogen-bond acceptors (Lipinski definition) is 8. The molecule has 1 aliphatic heterocycles. The van der Waals surface area contributed by atoms with Crippen LogP contribution in [0, 0.1) is 35.0 Å². The Morgan fingerprint density at radius 3 is 2.57 bits per heavy atom. The average Bonchev–Trinajstić information content (AvgIpc) is 3.47. The van der Waals surface area contributed by atoms with Crippen molar-refractivity contribution in [2.45, 2.75) is 50.9 Å². The van der Waals surface area contributed by atoms with Gasteiger partial charge in [-0.3, -0.25) is 14.8 Å². The molecule has 9 nitrogen and oxygen atoms in total. The number of benzene rings is 2. The number of fused-ring (bicyclic) bond motifs is 2. The number of hydrogen-bond donors (Lipinski definition) is 4. The number of terminal acetylenes is 1. The van der Waals surface area contributed by atoms with Crippen LogP contribution in [0.15, 0.2) is 65.5 Å². The number of halogens is 3. The molecule has 2 aromatic heterocycles. The monoisotopic (exact) mass is 638 g/mol. The quantitative estimate of drug-likeness (QED) is 0.179. The molecule has 0 amide bonds. The van der Waals surface area contributed by atoms with Gasteiger partial charge >= 0.3 is 6.18 Å². The number of rotatable bonds is 8. The van der Waals surface area contributed by atoms with Gasteiger partial charge in [0.2, 0.25) is 0 Å². The summed E-state index contributed by atoms with van der Waals surface area (Å²) in [5.74, 6) is 3.29. The Bertz CT molecular complexity index is 2100. The lowest BCUT2D eigenvalue weighted by Crippen LogP contribution is -2.69. The Kier molecular flexibility index (Phi) is 6.92. The normalized spacial score (nSPS) is 20.8. The van der Waals surface area contributed by atoms with E-state index in [2.05, 4.69) is 43.6 Å². The van der Waals surface area contributed by atoms with Crippen LogP contribution in [0.2, 0.25) is 0 Å². The first-order valence-electron chi connectivity index (χ1n) is 15.4. The Morgan fingerprint density at radius 1 is 1.15 bits per heavy atom. The molecule has 3 aliphatic carbocycles. The van der Waals surface area contributed by atoms with Gasteiger partial charge in [0.05, 0.1) is 45.0 Å². The Balaban J connectivity index is 1.35. The molecular formula is C35H33F3N8O. The first-order valence-corrected chi connectivity index (χ1v) is 15.4. The van der Waals surface area contributed by atoms with Crippen molar-refractivity contribution in [3.8, 4) is 18.4 Å². The van der Waals surface area contributed by atoms with E-state index in [4.69, 9.17) is 6.42 Å². The number of aryl methyl sites for hydroxylation is 1. The van der Waals surface area contributed by atoms with Crippen molar-refractivity contribution in [3.63, 3.8) is 0 Å². The molecule has 240 valence electrons. The summed E-state index contributed by atoms with van der Waals surface area (Å²) in [6.07, 6.45) is 9.83. The summed E-state index contributed by atoms with van der Waals surface area (Å²) in [4.78, 5) is 17.5. The van der Waals surface area contributed by atoms with E-state index < -0.39 is 24.2 Å². The molecule has 2 aromatic carbocycles. The zero-order chi connectivity index (χ0) is 33.3. The van der Waals surface area contributed by atoms with Gasteiger partial charge < -0.3 is 20.6 Å². The second-order valence-corrected chi connectivity index (χ2v) is 13.5. The zero-order valence-electron chi connectivity index (χ0n) is 26.1.